The molecule has 0 bridgehead atoms. The van der Waals surface area contributed by atoms with Gasteiger partial charge in [-0.25, -0.2) is 0 Å². The van der Waals surface area contributed by atoms with Gasteiger partial charge >= 0.3 is 0 Å². The average Bonchev–Trinajstić information content (AvgIpc) is 2.59. The van der Waals surface area contributed by atoms with Crippen molar-refractivity contribution in [3.05, 3.63) is 20.8 Å². The summed E-state index contributed by atoms with van der Waals surface area (Å²) in [6.45, 7) is 9.28. The lowest BCUT2D eigenvalue weighted by molar-refractivity contribution is 0.227. The summed E-state index contributed by atoms with van der Waals surface area (Å²) in [5.41, 5.74) is 0.374. The molecule has 1 rings (SSSR count). The lowest BCUT2D eigenvalue weighted by Gasteiger charge is -2.30. The average molecular weight is 304 g/mol. The second-order valence-electron chi connectivity index (χ2n) is 5.48. The van der Waals surface area contributed by atoms with E-state index in [1.54, 1.807) is 0 Å². The minimum atomic E-state index is 0.374. The smallest absolute Gasteiger partial charge is 0.0426 e. The molecule has 1 N–H and O–H groups in total. The van der Waals surface area contributed by atoms with Crippen molar-refractivity contribution in [2.45, 2.75) is 40.2 Å². The van der Waals surface area contributed by atoms with Crippen LogP contribution < -0.4 is 5.32 Å². The third kappa shape index (κ3) is 3.57. The molecule has 0 spiro atoms. The van der Waals surface area contributed by atoms with Crippen LogP contribution in [0.5, 0.6) is 0 Å². The van der Waals surface area contributed by atoms with E-state index in [1.807, 2.05) is 18.4 Å². The van der Waals surface area contributed by atoms with Crippen molar-refractivity contribution in [2.75, 3.05) is 7.05 Å². The van der Waals surface area contributed by atoms with Crippen molar-refractivity contribution in [3.8, 4) is 0 Å². The molecule has 92 valence electrons. The maximum atomic E-state index is 3.62. The molecule has 0 aliphatic carbocycles. The number of halogens is 1. The molecule has 0 aliphatic heterocycles. The quantitative estimate of drug-likeness (QED) is 0.839. The van der Waals surface area contributed by atoms with Crippen LogP contribution in [-0.4, -0.2) is 7.05 Å². The van der Waals surface area contributed by atoms with Gasteiger partial charge in [0.1, 0.15) is 0 Å². The Morgan fingerprint density at radius 1 is 1.44 bits per heavy atom. The molecule has 0 aliphatic rings. The van der Waals surface area contributed by atoms with E-state index in [-0.39, 0.29) is 0 Å². The maximum Gasteiger partial charge on any atom is 0.0426 e. The minimum Gasteiger partial charge on any atom is -0.312 e. The number of hydrogen-bond acceptors (Lipinski definition) is 2. The van der Waals surface area contributed by atoms with Gasteiger partial charge in [-0.05, 0) is 52.2 Å². The molecule has 0 saturated carbocycles. The largest absolute Gasteiger partial charge is 0.312 e. The van der Waals surface area contributed by atoms with Gasteiger partial charge in [0.2, 0.25) is 0 Å². The Morgan fingerprint density at radius 3 is 2.44 bits per heavy atom. The van der Waals surface area contributed by atoms with Gasteiger partial charge in [0.05, 0.1) is 0 Å². The minimum absolute atomic E-state index is 0.374. The second kappa shape index (κ2) is 5.65. The number of hydrogen-bond donors (Lipinski definition) is 1. The van der Waals surface area contributed by atoms with Crippen molar-refractivity contribution in [3.63, 3.8) is 0 Å². The molecular formula is C13H22BrNS. The van der Waals surface area contributed by atoms with E-state index >= 15 is 0 Å². The van der Waals surface area contributed by atoms with Crippen LogP contribution in [0.4, 0.5) is 0 Å². The summed E-state index contributed by atoms with van der Waals surface area (Å²) in [5.74, 6) is 0.693. The Morgan fingerprint density at radius 2 is 2.06 bits per heavy atom. The molecule has 0 saturated heterocycles. The summed E-state index contributed by atoms with van der Waals surface area (Å²) >= 11 is 5.44. The van der Waals surface area contributed by atoms with E-state index in [4.69, 9.17) is 0 Å². The molecular weight excluding hydrogens is 282 g/mol. The molecule has 1 nitrogen and oxygen atoms in total. The normalized spacial score (nSPS) is 16.1. The van der Waals surface area contributed by atoms with Gasteiger partial charge in [-0.3, -0.25) is 0 Å². The first-order valence-corrected chi connectivity index (χ1v) is 7.43. The van der Waals surface area contributed by atoms with E-state index < -0.39 is 0 Å². The first-order valence-electron chi connectivity index (χ1n) is 5.76. The zero-order chi connectivity index (χ0) is 12.3. The third-order valence-electron chi connectivity index (χ3n) is 3.38. The van der Waals surface area contributed by atoms with Crippen LogP contribution in [0.3, 0.4) is 0 Å². The molecule has 1 aromatic rings. The van der Waals surface area contributed by atoms with E-state index in [2.05, 4.69) is 60.4 Å². The van der Waals surface area contributed by atoms with Crippen molar-refractivity contribution in [1.29, 1.82) is 0 Å². The van der Waals surface area contributed by atoms with Crippen LogP contribution >= 0.6 is 27.3 Å². The van der Waals surface area contributed by atoms with Crippen molar-refractivity contribution >= 4 is 27.3 Å². The van der Waals surface area contributed by atoms with Gasteiger partial charge < -0.3 is 5.32 Å². The van der Waals surface area contributed by atoms with Crippen LogP contribution in [-0.2, 0) is 0 Å². The van der Waals surface area contributed by atoms with Crippen LogP contribution in [0, 0.1) is 11.3 Å². The number of rotatable bonds is 4. The third-order valence-corrected chi connectivity index (χ3v) is 5.36. The number of thiophene rings is 1. The first-order chi connectivity index (χ1) is 7.36. The van der Waals surface area contributed by atoms with E-state index in [0.717, 1.165) is 0 Å². The summed E-state index contributed by atoms with van der Waals surface area (Å²) in [6, 6.07) is 2.59. The molecule has 2 unspecified atom stereocenters. The highest BCUT2D eigenvalue weighted by Gasteiger charge is 2.25. The fraction of sp³-hybridized carbons (Fsp3) is 0.692. The number of nitrogens with one attached hydrogen (secondary N) is 1. The van der Waals surface area contributed by atoms with Crippen LogP contribution in [0.2, 0.25) is 0 Å². The standard InChI is InChI=1S/C13H22BrNS/c1-9(13(2,3)4)8-11(15-5)12-10(14)6-7-16-12/h6-7,9,11,15H,8H2,1-5H3. The van der Waals surface area contributed by atoms with Gasteiger partial charge in [0, 0.05) is 15.4 Å². The van der Waals surface area contributed by atoms with Crippen molar-refractivity contribution in [2.24, 2.45) is 11.3 Å². The summed E-state index contributed by atoms with van der Waals surface area (Å²) in [4.78, 5) is 1.42. The predicted octanol–water partition coefficient (Wildman–Crippen LogP) is 4.84. The van der Waals surface area contributed by atoms with E-state index in [0.29, 0.717) is 17.4 Å². The molecule has 0 aromatic carbocycles. The molecule has 2 atom stereocenters. The van der Waals surface area contributed by atoms with E-state index in [1.165, 1.54) is 15.8 Å². The topological polar surface area (TPSA) is 12.0 Å². The zero-order valence-electron chi connectivity index (χ0n) is 10.8. The Balaban J connectivity index is 2.74. The van der Waals surface area contributed by atoms with Crippen molar-refractivity contribution in [1.82, 2.24) is 5.32 Å². The Bertz CT molecular complexity index is 327. The molecule has 3 heteroatoms. The summed E-state index contributed by atoms with van der Waals surface area (Å²) in [6.07, 6.45) is 1.18. The van der Waals surface area contributed by atoms with Gasteiger partial charge in [0.25, 0.3) is 0 Å². The van der Waals surface area contributed by atoms with Crippen LogP contribution in [0.25, 0.3) is 0 Å². The highest BCUT2D eigenvalue weighted by Crippen LogP contribution is 2.37. The predicted molar refractivity (Wildman–Crippen MR) is 77.1 cm³/mol. The van der Waals surface area contributed by atoms with Gasteiger partial charge in [-0.2, -0.15) is 0 Å². The van der Waals surface area contributed by atoms with Gasteiger partial charge in [0.15, 0.2) is 0 Å². The molecule has 0 fully saturated rings. The fourth-order valence-corrected chi connectivity index (χ4v) is 3.39. The zero-order valence-corrected chi connectivity index (χ0v) is 13.2. The molecule has 1 heterocycles. The maximum absolute atomic E-state index is 3.62. The summed E-state index contributed by atoms with van der Waals surface area (Å²) in [7, 11) is 2.05. The Labute approximate surface area is 112 Å². The Kier molecular flexibility index (Phi) is 5.02. The first kappa shape index (κ1) is 14.2. The molecule has 0 radical (unpaired) electrons. The monoisotopic (exact) mass is 303 g/mol. The van der Waals surface area contributed by atoms with Crippen molar-refractivity contribution < 1.29 is 0 Å². The molecule has 16 heavy (non-hydrogen) atoms. The van der Waals surface area contributed by atoms with Gasteiger partial charge in [-0.15, -0.1) is 11.3 Å². The fourth-order valence-electron chi connectivity index (χ4n) is 1.62. The lowest BCUT2D eigenvalue weighted by atomic mass is 9.78. The van der Waals surface area contributed by atoms with E-state index in [9.17, 15) is 0 Å². The molecule has 1 aromatic heterocycles. The van der Waals surface area contributed by atoms with Gasteiger partial charge in [-0.1, -0.05) is 27.7 Å². The summed E-state index contributed by atoms with van der Waals surface area (Å²) in [5, 5.41) is 5.57. The lowest BCUT2D eigenvalue weighted by Crippen LogP contribution is -2.25. The highest BCUT2D eigenvalue weighted by atomic mass is 79.9. The second-order valence-corrected chi connectivity index (χ2v) is 7.28. The highest BCUT2D eigenvalue weighted by molar-refractivity contribution is 9.10. The summed E-state index contributed by atoms with van der Waals surface area (Å²) < 4.78 is 1.23. The Hall–Kier alpha value is 0.140. The molecule has 0 amide bonds. The SMILES string of the molecule is CNC(CC(C)C(C)(C)C)c1sccc1Br. The van der Waals surface area contributed by atoms with Crippen LogP contribution in [0.1, 0.15) is 45.0 Å². The van der Waals surface area contributed by atoms with Crippen LogP contribution in [0.15, 0.2) is 15.9 Å².